The molecule has 162 valence electrons. The van der Waals surface area contributed by atoms with Crippen molar-refractivity contribution in [2.24, 2.45) is 0 Å². The molecule has 0 fully saturated rings. The lowest BCUT2D eigenvalue weighted by molar-refractivity contribution is -0.129. The number of nitrogens with one attached hydrogen (secondary N) is 1. The minimum atomic E-state index is -0.537. The van der Waals surface area contributed by atoms with Crippen LogP contribution in [0.15, 0.2) is 42.5 Å². The summed E-state index contributed by atoms with van der Waals surface area (Å²) in [4.78, 5) is 13.1. The molecule has 0 saturated carbocycles. The van der Waals surface area contributed by atoms with E-state index in [1.165, 1.54) is 5.56 Å². The van der Waals surface area contributed by atoms with Crippen LogP contribution in [0.3, 0.4) is 0 Å². The maximum Gasteiger partial charge on any atom is 0.261 e. The third kappa shape index (κ3) is 5.16. The summed E-state index contributed by atoms with van der Waals surface area (Å²) in [5.41, 5.74) is 3.17. The first-order valence-electron chi connectivity index (χ1n) is 10.9. The van der Waals surface area contributed by atoms with Crippen molar-refractivity contribution in [2.45, 2.75) is 84.5 Å². The largest absolute Gasteiger partial charge is 0.487 e. The van der Waals surface area contributed by atoms with Crippen LogP contribution in [0.25, 0.3) is 0 Å². The lowest BCUT2D eigenvalue weighted by Crippen LogP contribution is -2.45. The van der Waals surface area contributed by atoms with Gasteiger partial charge in [-0.3, -0.25) is 4.79 Å². The first kappa shape index (κ1) is 22.2. The van der Waals surface area contributed by atoms with Gasteiger partial charge in [0.2, 0.25) is 0 Å². The first-order chi connectivity index (χ1) is 14.0. The second kappa shape index (κ2) is 8.33. The second-order valence-electron chi connectivity index (χ2n) is 9.96. The molecule has 2 aromatic rings. The fourth-order valence-electron chi connectivity index (χ4n) is 3.89. The van der Waals surface area contributed by atoms with E-state index in [9.17, 15) is 4.79 Å². The molecule has 0 saturated heterocycles. The second-order valence-corrected chi connectivity index (χ2v) is 9.96. The molecule has 0 bridgehead atoms. The van der Waals surface area contributed by atoms with E-state index >= 15 is 0 Å². The Kier molecular flexibility index (Phi) is 6.16. The highest BCUT2D eigenvalue weighted by molar-refractivity contribution is 5.81. The van der Waals surface area contributed by atoms with Crippen LogP contribution in [0.2, 0.25) is 0 Å². The monoisotopic (exact) mass is 409 g/mol. The number of rotatable bonds is 5. The zero-order chi connectivity index (χ0) is 22.1. The Labute approximate surface area is 181 Å². The number of carbonyl (C=O) groups is 1. The number of carbonyl (C=O) groups excluding carboxylic acids is 1. The summed E-state index contributed by atoms with van der Waals surface area (Å²) < 4.78 is 12.2. The molecule has 2 atom stereocenters. The number of hydrogen-bond acceptors (Lipinski definition) is 3. The summed E-state index contributed by atoms with van der Waals surface area (Å²) in [6, 6.07) is 14.1. The molecule has 0 aliphatic carbocycles. The van der Waals surface area contributed by atoms with Gasteiger partial charge in [-0.05, 0) is 56.4 Å². The standard InChI is InChI=1S/C26H35NO3/c1-8-22(29-19-12-10-18(11-13-19)25(3,4)5)24(28)27-21-16-26(6,7)30-23-14-9-17(2)15-20(21)23/h9-15,21-22H,8,16H2,1-7H3,(H,27,28)/t21-,22+/m1/s1. The van der Waals surface area contributed by atoms with Gasteiger partial charge in [0.1, 0.15) is 17.1 Å². The Hall–Kier alpha value is -2.49. The van der Waals surface area contributed by atoms with Crippen molar-refractivity contribution in [1.29, 1.82) is 0 Å². The number of benzene rings is 2. The lowest BCUT2D eigenvalue weighted by atomic mass is 9.87. The molecule has 0 spiro atoms. The molecular weight excluding hydrogens is 374 g/mol. The van der Waals surface area contributed by atoms with E-state index < -0.39 is 6.10 Å². The van der Waals surface area contributed by atoms with E-state index in [0.29, 0.717) is 18.6 Å². The zero-order valence-electron chi connectivity index (χ0n) is 19.3. The average Bonchev–Trinajstić information content (AvgIpc) is 2.65. The highest BCUT2D eigenvalue weighted by Crippen LogP contribution is 2.40. The molecule has 1 aliphatic heterocycles. The molecule has 1 heterocycles. The first-order valence-corrected chi connectivity index (χ1v) is 10.9. The Morgan fingerprint density at radius 3 is 2.47 bits per heavy atom. The zero-order valence-corrected chi connectivity index (χ0v) is 19.3. The smallest absolute Gasteiger partial charge is 0.261 e. The van der Waals surface area contributed by atoms with Gasteiger partial charge < -0.3 is 14.8 Å². The van der Waals surface area contributed by atoms with Crippen molar-refractivity contribution in [1.82, 2.24) is 5.32 Å². The molecule has 1 amide bonds. The number of fused-ring (bicyclic) bond motifs is 1. The van der Waals surface area contributed by atoms with E-state index in [2.05, 4.69) is 65.1 Å². The molecule has 0 radical (unpaired) electrons. The van der Waals surface area contributed by atoms with Gasteiger partial charge >= 0.3 is 0 Å². The Morgan fingerprint density at radius 1 is 1.20 bits per heavy atom. The van der Waals surface area contributed by atoms with Crippen molar-refractivity contribution in [3.63, 3.8) is 0 Å². The van der Waals surface area contributed by atoms with Crippen LogP contribution in [-0.4, -0.2) is 17.6 Å². The molecule has 0 aromatic heterocycles. The number of amides is 1. The van der Waals surface area contributed by atoms with E-state index in [0.717, 1.165) is 16.9 Å². The van der Waals surface area contributed by atoms with Crippen LogP contribution in [-0.2, 0) is 10.2 Å². The third-order valence-corrected chi connectivity index (χ3v) is 5.60. The summed E-state index contributed by atoms with van der Waals surface area (Å²) >= 11 is 0. The molecular formula is C26H35NO3. The Bertz CT molecular complexity index is 893. The fraction of sp³-hybridized carbons (Fsp3) is 0.500. The SMILES string of the molecule is CC[C@H](Oc1ccc(C(C)(C)C)cc1)C(=O)N[C@@H]1CC(C)(C)Oc2ccc(C)cc21. The van der Waals surface area contributed by atoms with Gasteiger partial charge in [0.05, 0.1) is 6.04 Å². The minimum Gasteiger partial charge on any atom is -0.487 e. The molecule has 0 unspecified atom stereocenters. The van der Waals surface area contributed by atoms with Gasteiger partial charge in [0.25, 0.3) is 5.91 Å². The highest BCUT2D eigenvalue weighted by Gasteiger charge is 2.35. The van der Waals surface area contributed by atoms with Crippen LogP contribution in [0.4, 0.5) is 0 Å². The van der Waals surface area contributed by atoms with Gasteiger partial charge in [-0.15, -0.1) is 0 Å². The lowest BCUT2D eigenvalue weighted by Gasteiger charge is -2.38. The molecule has 1 N–H and O–H groups in total. The molecule has 3 rings (SSSR count). The van der Waals surface area contributed by atoms with Gasteiger partial charge in [-0.1, -0.05) is 57.5 Å². The van der Waals surface area contributed by atoms with Gasteiger partial charge in [0, 0.05) is 12.0 Å². The molecule has 1 aliphatic rings. The number of ether oxygens (including phenoxy) is 2. The van der Waals surface area contributed by atoms with Crippen LogP contribution in [0, 0.1) is 6.92 Å². The molecule has 2 aromatic carbocycles. The summed E-state index contributed by atoms with van der Waals surface area (Å²) in [5.74, 6) is 1.47. The Morgan fingerprint density at radius 2 is 1.87 bits per heavy atom. The van der Waals surface area contributed by atoms with Crippen molar-refractivity contribution in [3.8, 4) is 11.5 Å². The summed E-state index contributed by atoms with van der Waals surface area (Å²) in [6.45, 7) is 14.7. The van der Waals surface area contributed by atoms with Gasteiger partial charge in [0.15, 0.2) is 6.10 Å². The van der Waals surface area contributed by atoms with Crippen LogP contribution in [0.1, 0.15) is 77.1 Å². The van der Waals surface area contributed by atoms with Crippen LogP contribution < -0.4 is 14.8 Å². The highest BCUT2D eigenvalue weighted by atomic mass is 16.5. The van der Waals surface area contributed by atoms with Crippen LogP contribution in [0.5, 0.6) is 11.5 Å². The molecule has 30 heavy (non-hydrogen) atoms. The summed E-state index contributed by atoms with van der Waals surface area (Å²) in [5, 5.41) is 3.22. The van der Waals surface area contributed by atoms with Gasteiger partial charge in [-0.2, -0.15) is 0 Å². The van der Waals surface area contributed by atoms with Crippen molar-refractivity contribution >= 4 is 5.91 Å². The quantitative estimate of drug-likeness (QED) is 0.672. The van der Waals surface area contributed by atoms with Crippen molar-refractivity contribution < 1.29 is 14.3 Å². The predicted octanol–water partition coefficient (Wildman–Crippen LogP) is 5.87. The number of hydrogen-bond donors (Lipinski definition) is 1. The predicted molar refractivity (Wildman–Crippen MR) is 121 cm³/mol. The minimum absolute atomic E-state index is 0.0848. The average molecular weight is 410 g/mol. The van der Waals surface area contributed by atoms with E-state index in [4.69, 9.17) is 9.47 Å². The van der Waals surface area contributed by atoms with Gasteiger partial charge in [-0.25, -0.2) is 0 Å². The Balaban J connectivity index is 1.74. The van der Waals surface area contributed by atoms with Crippen molar-refractivity contribution in [2.75, 3.05) is 0 Å². The molecule has 4 heteroatoms. The summed E-state index contributed by atoms with van der Waals surface area (Å²) in [6.07, 6.45) is 0.774. The summed E-state index contributed by atoms with van der Waals surface area (Å²) in [7, 11) is 0. The maximum absolute atomic E-state index is 13.1. The van der Waals surface area contributed by atoms with Crippen LogP contribution >= 0.6 is 0 Å². The fourth-order valence-corrected chi connectivity index (χ4v) is 3.89. The topological polar surface area (TPSA) is 47.6 Å². The van der Waals surface area contributed by atoms with Crippen molar-refractivity contribution in [3.05, 3.63) is 59.2 Å². The normalized spacial score (nSPS) is 18.7. The van der Waals surface area contributed by atoms with E-state index in [1.54, 1.807) is 0 Å². The maximum atomic E-state index is 13.1. The third-order valence-electron chi connectivity index (χ3n) is 5.60. The molecule has 4 nitrogen and oxygen atoms in total. The van der Waals surface area contributed by atoms with E-state index in [-0.39, 0.29) is 23.0 Å². The number of aryl methyl sites for hydroxylation is 1. The van der Waals surface area contributed by atoms with E-state index in [1.807, 2.05) is 31.2 Å².